The van der Waals surface area contributed by atoms with Gasteiger partial charge in [0.2, 0.25) is 5.91 Å². The van der Waals surface area contributed by atoms with E-state index in [2.05, 4.69) is 19.2 Å². The Bertz CT molecular complexity index is 864. The largest absolute Gasteiger partial charge is 0.355 e. The Morgan fingerprint density at radius 2 is 2.07 bits per heavy atom. The number of nitrogens with one attached hydrogen (secondary N) is 1. The molecule has 2 aromatic rings. The van der Waals surface area contributed by atoms with Gasteiger partial charge in [-0.3, -0.25) is 14.2 Å². The van der Waals surface area contributed by atoms with Crippen molar-refractivity contribution in [3.8, 4) is 0 Å². The van der Waals surface area contributed by atoms with E-state index >= 15 is 0 Å². The van der Waals surface area contributed by atoms with Crippen molar-refractivity contribution in [2.75, 3.05) is 12.3 Å². The Labute approximate surface area is 164 Å². The van der Waals surface area contributed by atoms with Gasteiger partial charge in [-0.25, -0.2) is 4.98 Å². The minimum Gasteiger partial charge on any atom is -0.355 e. The first-order chi connectivity index (χ1) is 13.0. The van der Waals surface area contributed by atoms with Crippen molar-refractivity contribution >= 4 is 28.6 Å². The molecule has 0 aliphatic heterocycles. The molecule has 5 nitrogen and oxygen atoms in total. The van der Waals surface area contributed by atoms with Crippen LogP contribution in [0, 0.1) is 11.8 Å². The number of amides is 1. The Kier molecular flexibility index (Phi) is 6.58. The summed E-state index contributed by atoms with van der Waals surface area (Å²) < 4.78 is 1.88. The van der Waals surface area contributed by atoms with E-state index in [1.807, 2.05) is 35.8 Å². The molecule has 27 heavy (non-hydrogen) atoms. The molecule has 3 atom stereocenters. The fourth-order valence-corrected chi connectivity index (χ4v) is 4.77. The van der Waals surface area contributed by atoms with Crippen LogP contribution in [-0.4, -0.2) is 27.8 Å². The first-order valence-corrected chi connectivity index (χ1v) is 10.9. The minimum absolute atomic E-state index is 0.0131. The van der Waals surface area contributed by atoms with E-state index in [-0.39, 0.29) is 23.3 Å². The number of carbonyl (C=O) groups excluding carboxylic acids is 1. The van der Waals surface area contributed by atoms with E-state index in [0.29, 0.717) is 34.4 Å². The van der Waals surface area contributed by atoms with Gasteiger partial charge < -0.3 is 5.32 Å². The predicted octanol–water partition coefficient (Wildman–Crippen LogP) is 4.01. The van der Waals surface area contributed by atoms with E-state index in [1.54, 1.807) is 0 Å². The molecular weight excluding hydrogens is 358 g/mol. The highest BCUT2D eigenvalue weighted by atomic mass is 32.2. The van der Waals surface area contributed by atoms with E-state index < -0.39 is 0 Å². The van der Waals surface area contributed by atoms with Crippen LogP contribution in [-0.2, 0) is 4.79 Å². The summed E-state index contributed by atoms with van der Waals surface area (Å²) >= 11 is 1.37. The Hall–Kier alpha value is -1.82. The molecule has 1 aliphatic carbocycles. The quantitative estimate of drug-likeness (QED) is 0.601. The minimum atomic E-state index is -0.0131. The fraction of sp³-hybridized carbons (Fsp3) is 0.571. The predicted molar refractivity (Wildman–Crippen MR) is 111 cm³/mol. The van der Waals surface area contributed by atoms with Crippen LogP contribution in [0.5, 0.6) is 0 Å². The molecule has 0 bridgehead atoms. The monoisotopic (exact) mass is 387 g/mol. The van der Waals surface area contributed by atoms with Crippen molar-refractivity contribution in [1.29, 1.82) is 0 Å². The summed E-state index contributed by atoms with van der Waals surface area (Å²) in [5, 5.41) is 4.21. The first-order valence-electron chi connectivity index (χ1n) is 9.93. The number of para-hydroxylation sites is 1. The summed E-state index contributed by atoms with van der Waals surface area (Å²) in [6.45, 7) is 7.20. The highest BCUT2D eigenvalue weighted by molar-refractivity contribution is 7.99. The zero-order chi connectivity index (χ0) is 19.4. The van der Waals surface area contributed by atoms with Gasteiger partial charge in [-0.05, 0) is 36.8 Å². The number of aromatic nitrogens is 2. The van der Waals surface area contributed by atoms with Crippen LogP contribution in [0.3, 0.4) is 0 Å². The van der Waals surface area contributed by atoms with Crippen LogP contribution in [0.2, 0.25) is 0 Å². The number of carbonyl (C=O) groups is 1. The molecular formula is C21H29N3O2S. The molecule has 1 N–H and O–H groups in total. The highest BCUT2D eigenvalue weighted by Crippen LogP contribution is 2.38. The van der Waals surface area contributed by atoms with Crippen LogP contribution < -0.4 is 10.9 Å². The second-order valence-corrected chi connectivity index (χ2v) is 8.50. The molecule has 0 spiro atoms. The van der Waals surface area contributed by atoms with Crippen molar-refractivity contribution in [3.05, 3.63) is 34.6 Å². The lowest BCUT2D eigenvalue weighted by Gasteiger charge is -2.36. The van der Waals surface area contributed by atoms with Gasteiger partial charge in [0.1, 0.15) is 0 Å². The van der Waals surface area contributed by atoms with Crippen molar-refractivity contribution in [2.24, 2.45) is 11.8 Å². The highest BCUT2D eigenvalue weighted by Gasteiger charge is 2.31. The number of hydrogen-bond acceptors (Lipinski definition) is 4. The normalized spacial score (nSPS) is 22.7. The number of thioether (sulfide) groups is 1. The van der Waals surface area contributed by atoms with Crippen LogP contribution in [0.25, 0.3) is 10.9 Å². The molecule has 1 saturated carbocycles. The van der Waals surface area contributed by atoms with Crippen molar-refractivity contribution in [1.82, 2.24) is 14.9 Å². The maximum Gasteiger partial charge on any atom is 0.262 e. The lowest BCUT2D eigenvalue weighted by atomic mass is 9.78. The summed E-state index contributed by atoms with van der Waals surface area (Å²) in [6, 6.07) is 7.63. The lowest BCUT2D eigenvalue weighted by Crippen LogP contribution is -2.35. The molecule has 1 aromatic heterocycles. The van der Waals surface area contributed by atoms with Crippen LogP contribution in [0.15, 0.2) is 34.2 Å². The van der Waals surface area contributed by atoms with Gasteiger partial charge >= 0.3 is 0 Å². The van der Waals surface area contributed by atoms with Crippen LogP contribution in [0.4, 0.5) is 0 Å². The molecule has 6 heteroatoms. The van der Waals surface area contributed by atoms with Crippen molar-refractivity contribution < 1.29 is 4.79 Å². The maximum absolute atomic E-state index is 13.3. The molecule has 0 unspecified atom stereocenters. The third kappa shape index (κ3) is 4.37. The number of rotatable bonds is 6. The summed E-state index contributed by atoms with van der Waals surface area (Å²) in [6.07, 6.45) is 4.22. The molecule has 3 rings (SSSR count). The summed E-state index contributed by atoms with van der Waals surface area (Å²) in [5.41, 5.74) is 0.717. The van der Waals surface area contributed by atoms with E-state index in [4.69, 9.17) is 4.98 Å². The van der Waals surface area contributed by atoms with E-state index in [0.717, 1.165) is 19.3 Å². The van der Waals surface area contributed by atoms with Crippen LogP contribution in [0.1, 0.15) is 52.5 Å². The standard InChI is InChI=1S/C21H29N3O2S/c1-4-12-22-19(25)13-27-21-23-17-10-6-5-9-16(17)20(26)24(21)18-11-7-8-14(2)15(18)3/h5-6,9-10,14-15,18H,4,7-8,11-13H2,1-3H3,(H,22,25)/t14-,15-,18+/m0/s1. The molecule has 1 fully saturated rings. The van der Waals surface area contributed by atoms with E-state index in [9.17, 15) is 9.59 Å². The van der Waals surface area contributed by atoms with Crippen molar-refractivity contribution in [3.63, 3.8) is 0 Å². The van der Waals surface area contributed by atoms with Gasteiger partial charge in [-0.15, -0.1) is 0 Å². The molecule has 1 heterocycles. The fourth-order valence-electron chi connectivity index (χ4n) is 3.88. The average molecular weight is 388 g/mol. The van der Waals surface area contributed by atoms with Gasteiger partial charge in [0.15, 0.2) is 5.16 Å². The average Bonchev–Trinajstić information content (AvgIpc) is 2.67. The third-order valence-corrected chi connectivity index (χ3v) is 6.63. The number of hydrogen-bond donors (Lipinski definition) is 1. The van der Waals surface area contributed by atoms with Gasteiger partial charge in [0.05, 0.1) is 16.7 Å². The molecule has 146 valence electrons. The van der Waals surface area contributed by atoms with Crippen molar-refractivity contribution in [2.45, 2.75) is 57.7 Å². The zero-order valence-electron chi connectivity index (χ0n) is 16.4. The molecule has 0 radical (unpaired) electrons. The molecule has 1 amide bonds. The second kappa shape index (κ2) is 8.91. The Morgan fingerprint density at radius 3 is 2.85 bits per heavy atom. The van der Waals surface area contributed by atoms with Gasteiger partial charge in [-0.1, -0.05) is 57.5 Å². The lowest BCUT2D eigenvalue weighted by molar-refractivity contribution is -0.118. The zero-order valence-corrected chi connectivity index (χ0v) is 17.2. The SMILES string of the molecule is CCCNC(=O)CSc1nc2ccccc2c(=O)n1[C@@H]1CCC[C@H](C)[C@@H]1C. The molecule has 1 aromatic carbocycles. The summed E-state index contributed by atoms with van der Waals surface area (Å²) in [5.74, 6) is 1.25. The van der Waals surface area contributed by atoms with Gasteiger partial charge in [0.25, 0.3) is 5.56 Å². The second-order valence-electron chi connectivity index (χ2n) is 7.56. The molecule has 1 aliphatic rings. The third-order valence-electron chi connectivity index (χ3n) is 5.68. The van der Waals surface area contributed by atoms with E-state index in [1.165, 1.54) is 18.2 Å². The molecule has 0 saturated heterocycles. The Morgan fingerprint density at radius 1 is 1.30 bits per heavy atom. The first kappa shape index (κ1) is 19.9. The summed E-state index contributed by atoms with van der Waals surface area (Å²) in [4.78, 5) is 30.2. The maximum atomic E-state index is 13.3. The number of nitrogens with zero attached hydrogens (tertiary/aromatic N) is 2. The summed E-state index contributed by atoms with van der Waals surface area (Å²) in [7, 11) is 0. The van der Waals surface area contributed by atoms with Gasteiger partial charge in [-0.2, -0.15) is 0 Å². The number of benzene rings is 1. The number of fused-ring (bicyclic) bond motifs is 1. The topological polar surface area (TPSA) is 64.0 Å². The van der Waals surface area contributed by atoms with Gasteiger partial charge in [0, 0.05) is 12.6 Å². The smallest absolute Gasteiger partial charge is 0.262 e. The van der Waals surface area contributed by atoms with Crippen LogP contribution >= 0.6 is 11.8 Å². The Balaban J connectivity index is 1.99.